The third-order valence-electron chi connectivity index (χ3n) is 2.89. The fourth-order valence-corrected chi connectivity index (χ4v) is 1.90. The normalized spacial score (nSPS) is 11.7. The molecule has 5 N–H and O–H groups in total. The minimum absolute atomic E-state index is 0.0527. The number of halogens is 1. The second-order valence-electron chi connectivity index (χ2n) is 4.66. The Labute approximate surface area is 136 Å². The van der Waals surface area contributed by atoms with Gasteiger partial charge in [0, 0.05) is 12.1 Å². The van der Waals surface area contributed by atoms with E-state index in [2.05, 4.69) is 10.6 Å². The van der Waals surface area contributed by atoms with Crippen LogP contribution in [-0.2, 0) is 9.59 Å². The molecule has 0 aliphatic carbocycles. The van der Waals surface area contributed by atoms with Gasteiger partial charge in [-0.05, 0) is 25.6 Å². The van der Waals surface area contributed by atoms with E-state index in [0.717, 1.165) is 6.07 Å². The highest BCUT2D eigenvalue weighted by Gasteiger charge is 2.21. The lowest BCUT2D eigenvalue weighted by Crippen LogP contribution is -2.40. The highest BCUT2D eigenvalue weighted by molar-refractivity contribution is 6.33. The predicted octanol–water partition coefficient (Wildman–Crippen LogP) is 0.968. The molecule has 0 aromatic heterocycles. The van der Waals surface area contributed by atoms with Gasteiger partial charge in [0.05, 0.1) is 22.1 Å². The molecule has 0 bridgehead atoms. The second kappa shape index (κ2) is 9.03. The van der Waals surface area contributed by atoms with Gasteiger partial charge in [-0.2, -0.15) is 0 Å². The lowest BCUT2D eigenvalue weighted by atomic mass is 10.2. The molecule has 0 radical (unpaired) electrons. The van der Waals surface area contributed by atoms with Crippen molar-refractivity contribution in [3.63, 3.8) is 0 Å². The Balaban J connectivity index is 2.72. The monoisotopic (exact) mass is 344 g/mol. The first kappa shape index (κ1) is 18.8. The molecule has 1 rings (SSSR count). The van der Waals surface area contributed by atoms with E-state index in [9.17, 15) is 19.7 Å². The number of carbonyl (C=O) groups excluding carboxylic acids is 1. The van der Waals surface area contributed by atoms with Gasteiger partial charge in [-0.25, -0.2) is 0 Å². The van der Waals surface area contributed by atoms with E-state index in [-0.39, 0.29) is 22.8 Å². The van der Waals surface area contributed by atoms with Gasteiger partial charge in [-0.15, -0.1) is 0 Å². The molecule has 9 nitrogen and oxygen atoms in total. The van der Waals surface area contributed by atoms with Crippen LogP contribution in [0.5, 0.6) is 0 Å². The minimum atomic E-state index is -1.18. The fourth-order valence-electron chi connectivity index (χ4n) is 1.73. The number of nitrogens with zero attached hydrogens (tertiary/aromatic N) is 1. The molecule has 1 aromatic carbocycles. The van der Waals surface area contributed by atoms with Crippen molar-refractivity contribution in [1.29, 1.82) is 0 Å². The molecule has 1 aromatic rings. The van der Waals surface area contributed by atoms with Crippen LogP contribution >= 0.6 is 11.6 Å². The van der Waals surface area contributed by atoms with Gasteiger partial charge in [0.1, 0.15) is 6.04 Å². The van der Waals surface area contributed by atoms with Crippen molar-refractivity contribution in [3.05, 3.63) is 33.3 Å². The number of carboxylic acids is 1. The zero-order chi connectivity index (χ0) is 17.4. The summed E-state index contributed by atoms with van der Waals surface area (Å²) in [6.45, 7) is 0.757. The molecule has 0 fully saturated rings. The van der Waals surface area contributed by atoms with Gasteiger partial charge < -0.3 is 21.5 Å². The number of rotatable bonds is 9. The Bertz CT molecular complexity index is 596. The smallest absolute Gasteiger partial charge is 0.321 e. The van der Waals surface area contributed by atoms with Crippen molar-refractivity contribution in [2.75, 3.05) is 18.4 Å². The molecule has 0 spiro atoms. The first-order chi connectivity index (χ1) is 10.8. The molecule has 1 atom stereocenters. The first-order valence-corrected chi connectivity index (χ1v) is 7.13. The highest BCUT2D eigenvalue weighted by Crippen LogP contribution is 2.26. The van der Waals surface area contributed by atoms with Crippen molar-refractivity contribution in [3.8, 4) is 0 Å². The highest BCUT2D eigenvalue weighted by atomic mass is 35.5. The van der Waals surface area contributed by atoms with E-state index in [1.165, 1.54) is 12.1 Å². The number of non-ortho nitro benzene ring substituents is 1. The molecular weight excluding hydrogens is 328 g/mol. The van der Waals surface area contributed by atoms with Crippen LogP contribution in [0.2, 0.25) is 5.02 Å². The molecule has 1 amide bonds. The molecule has 0 saturated carbocycles. The molecule has 10 heteroatoms. The number of nitrogens with one attached hydrogen (secondary N) is 2. The summed E-state index contributed by atoms with van der Waals surface area (Å²) in [5, 5.41) is 25.0. The third-order valence-corrected chi connectivity index (χ3v) is 3.22. The molecule has 0 heterocycles. The van der Waals surface area contributed by atoms with Crippen LogP contribution in [-0.4, -0.2) is 41.0 Å². The maximum absolute atomic E-state index is 11.9. The summed E-state index contributed by atoms with van der Waals surface area (Å²) in [6.07, 6.45) is 0.223. The Hall–Kier alpha value is -2.23. The van der Waals surface area contributed by atoms with Crippen LogP contribution in [0.3, 0.4) is 0 Å². The number of nitro benzene ring substituents is 1. The van der Waals surface area contributed by atoms with Gasteiger partial charge in [-0.1, -0.05) is 11.6 Å². The molecular formula is C13H17ClN4O5. The largest absolute Gasteiger partial charge is 0.480 e. The lowest BCUT2D eigenvalue weighted by molar-refractivity contribution is -0.384. The standard InChI is InChI=1S/C13H17ClN4O5/c14-9-3-2-8(18(22)23)6-10(9)17-12(19)7-11(13(20)21)16-5-1-4-15/h2-3,6,11,16H,1,4-5,7,15H2,(H,17,19)(H,20,21)/t11-/m1/s1. The number of benzene rings is 1. The van der Waals surface area contributed by atoms with E-state index >= 15 is 0 Å². The van der Waals surface area contributed by atoms with Crippen LogP contribution < -0.4 is 16.4 Å². The lowest BCUT2D eigenvalue weighted by Gasteiger charge is -2.14. The summed E-state index contributed by atoms with van der Waals surface area (Å²) in [7, 11) is 0. The van der Waals surface area contributed by atoms with E-state index in [1.807, 2.05) is 0 Å². The topological polar surface area (TPSA) is 148 Å². The van der Waals surface area contributed by atoms with Crippen molar-refractivity contribution in [2.45, 2.75) is 18.9 Å². The molecule has 0 saturated heterocycles. The van der Waals surface area contributed by atoms with Crippen molar-refractivity contribution < 1.29 is 19.6 Å². The zero-order valence-electron chi connectivity index (χ0n) is 12.1. The van der Waals surface area contributed by atoms with Crippen LogP contribution in [0, 0.1) is 10.1 Å². The Morgan fingerprint density at radius 3 is 2.70 bits per heavy atom. The van der Waals surface area contributed by atoms with Crippen molar-refractivity contribution in [2.24, 2.45) is 5.73 Å². The van der Waals surface area contributed by atoms with Crippen LogP contribution in [0.25, 0.3) is 0 Å². The molecule has 126 valence electrons. The minimum Gasteiger partial charge on any atom is -0.480 e. The number of carboxylic acid groups (broad SMARTS) is 1. The summed E-state index contributed by atoms with van der Waals surface area (Å²) in [4.78, 5) is 33.1. The van der Waals surface area contributed by atoms with Gasteiger partial charge in [0.2, 0.25) is 5.91 Å². The number of carbonyl (C=O) groups is 2. The first-order valence-electron chi connectivity index (χ1n) is 6.75. The van der Waals surface area contributed by atoms with E-state index < -0.39 is 22.8 Å². The molecule has 23 heavy (non-hydrogen) atoms. The summed E-state index contributed by atoms with van der Waals surface area (Å²) < 4.78 is 0. The van der Waals surface area contributed by atoms with Gasteiger partial charge in [0.15, 0.2) is 0 Å². The van der Waals surface area contributed by atoms with Crippen LogP contribution in [0.15, 0.2) is 18.2 Å². The second-order valence-corrected chi connectivity index (χ2v) is 5.07. The van der Waals surface area contributed by atoms with E-state index in [0.29, 0.717) is 19.5 Å². The summed E-state index contributed by atoms with van der Waals surface area (Å²) >= 11 is 5.86. The summed E-state index contributed by atoms with van der Waals surface area (Å²) in [6, 6.07) is 2.51. The van der Waals surface area contributed by atoms with Gasteiger partial charge >= 0.3 is 5.97 Å². The SMILES string of the molecule is NCCCN[C@H](CC(=O)Nc1cc([N+](=O)[O-])ccc1Cl)C(=O)O. The number of hydrogen-bond acceptors (Lipinski definition) is 6. The summed E-state index contributed by atoms with van der Waals surface area (Å²) in [5.74, 6) is -1.80. The Morgan fingerprint density at radius 2 is 2.13 bits per heavy atom. The van der Waals surface area contributed by atoms with Crippen LogP contribution in [0.1, 0.15) is 12.8 Å². The van der Waals surface area contributed by atoms with Gasteiger partial charge in [-0.3, -0.25) is 19.7 Å². The average molecular weight is 345 g/mol. The number of nitro groups is 1. The number of aliphatic carboxylic acids is 1. The summed E-state index contributed by atoms with van der Waals surface area (Å²) in [5.41, 5.74) is 5.13. The number of nitrogens with two attached hydrogens (primary N) is 1. The fraction of sp³-hybridized carbons (Fsp3) is 0.385. The maximum Gasteiger partial charge on any atom is 0.321 e. The average Bonchev–Trinajstić information content (AvgIpc) is 2.48. The third kappa shape index (κ3) is 6.19. The number of amides is 1. The number of anilines is 1. The number of hydrogen-bond donors (Lipinski definition) is 4. The quantitative estimate of drug-likeness (QED) is 0.296. The van der Waals surface area contributed by atoms with Crippen molar-refractivity contribution >= 4 is 34.9 Å². The Kier molecular flexibility index (Phi) is 7.39. The maximum atomic E-state index is 11.9. The molecule has 0 aliphatic heterocycles. The Morgan fingerprint density at radius 1 is 1.43 bits per heavy atom. The van der Waals surface area contributed by atoms with Crippen molar-refractivity contribution in [1.82, 2.24) is 5.32 Å². The van der Waals surface area contributed by atoms with Crippen LogP contribution in [0.4, 0.5) is 11.4 Å². The molecule has 0 aliphatic rings. The zero-order valence-corrected chi connectivity index (χ0v) is 12.9. The van der Waals surface area contributed by atoms with E-state index in [1.54, 1.807) is 0 Å². The van der Waals surface area contributed by atoms with E-state index in [4.69, 9.17) is 22.4 Å². The predicted molar refractivity (Wildman–Crippen MR) is 84.5 cm³/mol. The molecule has 0 unspecified atom stereocenters. The van der Waals surface area contributed by atoms with Gasteiger partial charge in [0.25, 0.3) is 5.69 Å².